The lowest BCUT2D eigenvalue weighted by atomic mass is 9.86. The first-order valence-corrected chi connectivity index (χ1v) is 7.23. The Labute approximate surface area is 120 Å². The molecule has 0 saturated heterocycles. The number of nitro groups is 1. The van der Waals surface area contributed by atoms with Crippen LogP contribution < -0.4 is 5.32 Å². The van der Waals surface area contributed by atoms with Crippen LogP contribution in [0.25, 0.3) is 0 Å². The highest BCUT2D eigenvalue weighted by atomic mass is 79.9. The zero-order chi connectivity index (χ0) is 13.8. The number of halogens is 1. The molecule has 5 nitrogen and oxygen atoms in total. The second-order valence-corrected chi connectivity index (χ2v) is 5.83. The third-order valence-corrected chi connectivity index (χ3v) is 4.07. The minimum Gasteiger partial charge on any atom is -0.393 e. The Balaban J connectivity index is 2.04. The number of aliphatic hydroxyl groups excluding tert-OH is 1. The average molecular weight is 329 g/mol. The van der Waals surface area contributed by atoms with Gasteiger partial charge in [-0.3, -0.25) is 10.1 Å². The molecule has 0 amide bonds. The molecule has 104 valence electrons. The lowest BCUT2D eigenvalue weighted by Gasteiger charge is -2.27. The van der Waals surface area contributed by atoms with Crippen molar-refractivity contribution >= 4 is 27.3 Å². The van der Waals surface area contributed by atoms with Crippen LogP contribution in [0.5, 0.6) is 0 Å². The SMILES string of the molecule is O=[N+]([O-])c1cc(Br)ccc1NCC1CCCCC1O. The zero-order valence-corrected chi connectivity index (χ0v) is 12.1. The molecule has 1 fully saturated rings. The van der Waals surface area contributed by atoms with Crippen LogP contribution >= 0.6 is 15.9 Å². The first kappa shape index (κ1) is 14.3. The summed E-state index contributed by atoms with van der Waals surface area (Å²) >= 11 is 3.23. The third kappa shape index (κ3) is 3.67. The highest BCUT2D eigenvalue weighted by Gasteiger charge is 2.23. The van der Waals surface area contributed by atoms with E-state index >= 15 is 0 Å². The van der Waals surface area contributed by atoms with Crippen molar-refractivity contribution in [3.8, 4) is 0 Å². The van der Waals surface area contributed by atoms with E-state index in [2.05, 4.69) is 21.2 Å². The Morgan fingerprint density at radius 1 is 1.42 bits per heavy atom. The molecule has 1 aliphatic carbocycles. The van der Waals surface area contributed by atoms with Gasteiger partial charge in [0.1, 0.15) is 5.69 Å². The molecule has 0 aromatic heterocycles. The number of anilines is 1. The number of nitro benzene ring substituents is 1. The lowest BCUT2D eigenvalue weighted by Crippen LogP contribution is -2.30. The van der Waals surface area contributed by atoms with Crippen molar-refractivity contribution in [2.75, 3.05) is 11.9 Å². The molecule has 0 heterocycles. The van der Waals surface area contributed by atoms with Crippen LogP contribution in [0.3, 0.4) is 0 Å². The molecule has 1 saturated carbocycles. The summed E-state index contributed by atoms with van der Waals surface area (Å²) in [6.45, 7) is 0.573. The van der Waals surface area contributed by atoms with E-state index in [4.69, 9.17) is 0 Å². The van der Waals surface area contributed by atoms with Crippen molar-refractivity contribution in [3.05, 3.63) is 32.8 Å². The van der Waals surface area contributed by atoms with Crippen LogP contribution in [0.15, 0.2) is 22.7 Å². The summed E-state index contributed by atoms with van der Waals surface area (Å²) in [6, 6.07) is 4.95. The van der Waals surface area contributed by atoms with Gasteiger partial charge in [0.2, 0.25) is 0 Å². The van der Waals surface area contributed by atoms with Crippen LogP contribution in [-0.2, 0) is 0 Å². The average Bonchev–Trinajstić information content (AvgIpc) is 2.38. The molecule has 2 atom stereocenters. The van der Waals surface area contributed by atoms with Gasteiger partial charge in [0.15, 0.2) is 0 Å². The second kappa shape index (κ2) is 6.34. The van der Waals surface area contributed by atoms with Crippen molar-refractivity contribution in [2.45, 2.75) is 31.8 Å². The minimum atomic E-state index is -0.398. The fourth-order valence-electron chi connectivity index (χ4n) is 2.47. The number of hydrogen-bond acceptors (Lipinski definition) is 4. The monoisotopic (exact) mass is 328 g/mol. The van der Waals surface area contributed by atoms with Crippen LogP contribution in [0.1, 0.15) is 25.7 Å². The number of nitrogens with one attached hydrogen (secondary N) is 1. The molecule has 0 spiro atoms. The van der Waals surface area contributed by atoms with Crippen LogP contribution in [0, 0.1) is 16.0 Å². The van der Waals surface area contributed by atoms with Crippen LogP contribution in [0.2, 0.25) is 0 Å². The molecule has 0 radical (unpaired) electrons. The van der Waals surface area contributed by atoms with Gasteiger partial charge >= 0.3 is 0 Å². The highest BCUT2D eigenvalue weighted by molar-refractivity contribution is 9.10. The maximum Gasteiger partial charge on any atom is 0.293 e. The molecule has 1 aliphatic rings. The normalized spacial score (nSPS) is 23.1. The second-order valence-electron chi connectivity index (χ2n) is 4.91. The van der Waals surface area contributed by atoms with Gasteiger partial charge in [-0.25, -0.2) is 0 Å². The Morgan fingerprint density at radius 2 is 2.16 bits per heavy atom. The van der Waals surface area contributed by atoms with Crippen LogP contribution in [0.4, 0.5) is 11.4 Å². The molecule has 0 bridgehead atoms. The largest absolute Gasteiger partial charge is 0.393 e. The molecule has 2 unspecified atom stereocenters. The summed E-state index contributed by atoms with van der Waals surface area (Å²) in [4.78, 5) is 10.6. The van der Waals surface area contributed by atoms with Gasteiger partial charge in [0.05, 0.1) is 11.0 Å². The Morgan fingerprint density at radius 3 is 2.84 bits per heavy atom. The highest BCUT2D eigenvalue weighted by Crippen LogP contribution is 2.30. The van der Waals surface area contributed by atoms with E-state index in [0.29, 0.717) is 16.7 Å². The summed E-state index contributed by atoms with van der Waals surface area (Å²) in [6.07, 6.45) is 3.69. The number of benzene rings is 1. The van der Waals surface area contributed by atoms with Gasteiger partial charge in [0.25, 0.3) is 5.69 Å². The molecule has 0 aliphatic heterocycles. The van der Waals surface area contributed by atoms with Crippen molar-refractivity contribution < 1.29 is 10.0 Å². The maximum atomic E-state index is 11.0. The zero-order valence-electron chi connectivity index (χ0n) is 10.5. The van der Waals surface area contributed by atoms with Gasteiger partial charge < -0.3 is 10.4 Å². The molecule has 6 heteroatoms. The Kier molecular flexibility index (Phi) is 4.76. The molecule has 2 N–H and O–H groups in total. The fourth-order valence-corrected chi connectivity index (χ4v) is 2.82. The summed E-state index contributed by atoms with van der Waals surface area (Å²) in [5, 5.41) is 24.0. The fraction of sp³-hybridized carbons (Fsp3) is 0.538. The summed E-state index contributed by atoms with van der Waals surface area (Å²) in [5.74, 6) is 0.178. The van der Waals surface area contributed by atoms with Crippen LogP contribution in [-0.4, -0.2) is 22.7 Å². The molecule has 1 aromatic carbocycles. The molecule has 19 heavy (non-hydrogen) atoms. The van der Waals surface area contributed by atoms with E-state index in [0.717, 1.165) is 25.7 Å². The predicted molar refractivity (Wildman–Crippen MR) is 77.3 cm³/mol. The molecular weight excluding hydrogens is 312 g/mol. The third-order valence-electron chi connectivity index (χ3n) is 3.58. The molecular formula is C13H17BrN2O3. The first-order valence-electron chi connectivity index (χ1n) is 6.44. The Hall–Kier alpha value is -1.14. The van der Waals surface area contributed by atoms with Crippen molar-refractivity contribution in [3.63, 3.8) is 0 Å². The van der Waals surface area contributed by atoms with Crippen molar-refractivity contribution in [1.29, 1.82) is 0 Å². The van der Waals surface area contributed by atoms with E-state index in [9.17, 15) is 15.2 Å². The number of aliphatic hydroxyl groups is 1. The van der Waals surface area contributed by atoms with E-state index in [1.54, 1.807) is 12.1 Å². The standard InChI is InChI=1S/C13H17BrN2O3/c14-10-5-6-11(12(7-10)16(18)19)15-8-9-3-1-2-4-13(9)17/h5-7,9,13,15,17H,1-4,8H2. The van der Waals surface area contributed by atoms with Gasteiger partial charge in [-0.15, -0.1) is 0 Å². The van der Waals surface area contributed by atoms with Crippen molar-refractivity contribution in [2.24, 2.45) is 5.92 Å². The van der Waals surface area contributed by atoms with Gasteiger partial charge in [-0.05, 0) is 25.0 Å². The quantitative estimate of drug-likeness (QED) is 0.656. The van der Waals surface area contributed by atoms with E-state index < -0.39 is 4.92 Å². The molecule has 2 rings (SSSR count). The first-order chi connectivity index (χ1) is 9.08. The summed E-state index contributed by atoms with van der Waals surface area (Å²) in [5.41, 5.74) is 0.561. The lowest BCUT2D eigenvalue weighted by molar-refractivity contribution is -0.384. The van der Waals surface area contributed by atoms with Gasteiger partial charge in [-0.1, -0.05) is 28.8 Å². The molecule has 1 aromatic rings. The number of rotatable bonds is 4. The summed E-state index contributed by atoms with van der Waals surface area (Å²) in [7, 11) is 0. The Bertz CT molecular complexity index is 467. The topological polar surface area (TPSA) is 75.4 Å². The predicted octanol–water partition coefficient (Wildman–Crippen LogP) is 3.32. The summed E-state index contributed by atoms with van der Waals surface area (Å²) < 4.78 is 0.683. The number of hydrogen-bond donors (Lipinski definition) is 2. The van der Waals surface area contributed by atoms with E-state index in [1.807, 2.05) is 0 Å². The van der Waals surface area contributed by atoms with E-state index in [-0.39, 0.29) is 17.7 Å². The smallest absolute Gasteiger partial charge is 0.293 e. The van der Waals surface area contributed by atoms with E-state index in [1.165, 1.54) is 6.07 Å². The van der Waals surface area contributed by atoms with Gasteiger partial charge in [-0.2, -0.15) is 0 Å². The number of nitrogens with zero attached hydrogens (tertiary/aromatic N) is 1. The maximum absolute atomic E-state index is 11.0. The van der Waals surface area contributed by atoms with Crippen molar-refractivity contribution in [1.82, 2.24) is 0 Å². The minimum absolute atomic E-state index is 0.0553. The van der Waals surface area contributed by atoms with Gasteiger partial charge in [0, 0.05) is 23.0 Å².